The summed E-state index contributed by atoms with van der Waals surface area (Å²) in [6.45, 7) is 0.492. The van der Waals surface area contributed by atoms with E-state index >= 15 is 0 Å². The number of hydrogen-bond acceptors (Lipinski definition) is 7. The SMILES string of the molecule is COc1ccc(N=C2S/C(=C\c3ccccc3OCc3ccc(C(=O)O)cc3)C(=O)N2Cc2ccco2)cc1. The van der Waals surface area contributed by atoms with E-state index in [2.05, 4.69) is 0 Å². The molecular weight excluding hydrogens is 516 g/mol. The summed E-state index contributed by atoms with van der Waals surface area (Å²) >= 11 is 1.28. The Balaban J connectivity index is 1.40. The van der Waals surface area contributed by atoms with Gasteiger partial charge in [0.05, 0.1) is 36.1 Å². The highest BCUT2D eigenvalue weighted by Gasteiger charge is 2.34. The highest BCUT2D eigenvalue weighted by atomic mass is 32.2. The lowest BCUT2D eigenvalue weighted by Gasteiger charge is -2.14. The molecule has 4 aromatic rings. The van der Waals surface area contributed by atoms with Crippen molar-refractivity contribution in [3.05, 3.63) is 119 Å². The molecule has 1 aromatic heterocycles. The summed E-state index contributed by atoms with van der Waals surface area (Å²) in [6.07, 6.45) is 3.37. The molecule has 8 nitrogen and oxygen atoms in total. The quantitative estimate of drug-likeness (QED) is 0.246. The second-order valence-corrected chi connectivity index (χ2v) is 9.51. The molecule has 0 saturated carbocycles. The van der Waals surface area contributed by atoms with Crippen LogP contribution in [0.25, 0.3) is 6.08 Å². The minimum atomic E-state index is -0.978. The monoisotopic (exact) mass is 540 g/mol. The summed E-state index contributed by atoms with van der Waals surface area (Å²) in [5.74, 6) is 0.789. The highest BCUT2D eigenvalue weighted by molar-refractivity contribution is 8.18. The average Bonchev–Trinajstić information content (AvgIpc) is 3.57. The Morgan fingerprint density at radius 2 is 1.79 bits per heavy atom. The van der Waals surface area contributed by atoms with E-state index in [9.17, 15) is 9.59 Å². The largest absolute Gasteiger partial charge is 0.497 e. The Morgan fingerprint density at radius 3 is 2.49 bits per heavy atom. The first kappa shape index (κ1) is 25.9. The Hall–Kier alpha value is -4.76. The Labute approximate surface area is 229 Å². The number of carboxylic acid groups (broad SMARTS) is 1. The molecule has 0 unspecified atom stereocenters. The third-order valence-electron chi connectivity index (χ3n) is 5.88. The molecule has 39 heavy (non-hydrogen) atoms. The van der Waals surface area contributed by atoms with E-state index in [0.29, 0.717) is 27.3 Å². The normalized spacial score (nSPS) is 15.2. The number of ether oxygens (including phenoxy) is 2. The van der Waals surface area contributed by atoms with Gasteiger partial charge in [-0.15, -0.1) is 0 Å². The van der Waals surface area contributed by atoms with Crippen molar-refractivity contribution in [2.24, 2.45) is 4.99 Å². The van der Waals surface area contributed by atoms with Crippen LogP contribution in [0.5, 0.6) is 11.5 Å². The molecule has 0 spiro atoms. The van der Waals surface area contributed by atoms with Gasteiger partial charge in [-0.1, -0.05) is 30.3 Å². The Bertz CT molecular complexity index is 1530. The second kappa shape index (κ2) is 11.7. The standard InChI is InChI=1S/C30H24N2O6S/c1-36-24-14-12-23(13-15-24)31-30-32(18-25-6-4-16-37-25)28(33)27(39-30)17-22-5-2-3-7-26(22)38-19-20-8-10-21(11-9-20)29(34)35/h2-17H,18-19H2,1H3,(H,34,35)/b27-17-,31-30?. The number of aliphatic imine (C=N–C) groups is 1. The molecule has 0 bridgehead atoms. The van der Waals surface area contributed by atoms with Gasteiger partial charge in [-0.2, -0.15) is 0 Å². The van der Waals surface area contributed by atoms with Crippen molar-refractivity contribution in [2.75, 3.05) is 7.11 Å². The molecule has 196 valence electrons. The lowest BCUT2D eigenvalue weighted by Crippen LogP contribution is -2.28. The summed E-state index contributed by atoms with van der Waals surface area (Å²) in [5.41, 5.74) is 2.47. The fourth-order valence-electron chi connectivity index (χ4n) is 3.83. The number of thioether (sulfide) groups is 1. The van der Waals surface area contributed by atoms with Crippen LogP contribution >= 0.6 is 11.8 Å². The zero-order chi connectivity index (χ0) is 27.2. The van der Waals surface area contributed by atoms with Gasteiger partial charge in [-0.05, 0) is 78.0 Å². The number of carbonyl (C=O) groups is 2. The molecule has 1 aliphatic heterocycles. The van der Waals surface area contributed by atoms with Gasteiger partial charge < -0.3 is 19.0 Å². The van der Waals surface area contributed by atoms with E-state index in [0.717, 1.165) is 16.9 Å². The highest BCUT2D eigenvalue weighted by Crippen LogP contribution is 2.37. The van der Waals surface area contributed by atoms with Crippen molar-refractivity contribution < 1.29 is 28.6 Å². The van der Waals surface area contributed by atoms with Crippen LogP contribution in [0, 0.1) is 0 Å². The maximum atomic E-state index is 13.5. The summed E-state index contributed by atoms with van der Waals surface area (Å²) < 4.78 is 16.8. The van der Waals surface area contributed by atoms with Crippen LogP contribution in [0.4, 0.5) is 5.69 Å². The van der Waals surface area contributed by atoms with Crippen LogP contribution in [0.2, 0.25) is 0 Å². The van der Waals surface area contributed by atoms with Gasteiger partial charge in [-0.3, -0.25) is 9.69 Å². The van der Waals surface area contributed by atoms with Gasteiger partial charge in [0.1, 0.15) is 23.9 Å². The molecule has 0 radical (unpaired) electrons. The summed E-state index contributed by atoms with van der Waals surface area (Å²) in [6, 6.07) is 24.8. The number of carboxylic acids is 1. The molecule has 0 aliphatic carbocycles. The van der Waals surface area contributed by atoms with Crippen molar-refractivity contribution in [1.82, 2.24) is 4.90 Å². The van der Waals surface area contributed by atoms with E-state index in [1.807, 2.05) is 54.6 Å². The molecule has 1 amide bonds. The number of aromatic carboxylic acids is 1. The fraction of sp³-hybridized carbons (Fsp3) is 0.100. The van der Waals surface area contributed by atoms with Gasteiger partial charge in [-0.25, -0.2) is 9.79 Å². The first-order valence-electron chi connectivity index (χ1n) is 12.0. The smallest absolute Gasteiger partial charge is 0.335 e. The maximum Gasteiger partial charge on any atom is 0.335 e. The van der Waals surface area contributed by atoms with Gasteiger partial charge in [0.2, 0.25) is 0 Å². The third-order valence-corrected chi connectivity index (χ3v) is 6.89. The van der Waals surface area contributed by atoms with Gasteiger partial charge in [0.25, 0.3) is 5.91 Å². The molecule has 0 atom stereocenters. The van der Waals surface area contributed by atoms with Crippen molar-refractivity contribution in [1.29, 1.82) is 0 Å². The van der Waals surface area contributed by atoms with Gasteiger partial charge >= 0.3 is 5.97 Å². The summed E-state index contributed by atoms with van der Waals surface area (Å²) in [5, 5.41) is 9.63. The number of benzene rings is 3. The molecule has 1 aliphatic rings. The zero-order valence-electron chi connectivity index (χ0n) is 20.9. The maximum absolute atomic E-state index is 13.5. The lowest BCUT2D eigenvalue weighted by molar-refractivity contribution is -0.122. The number of rotatable bonds is 9. The van der Waals surface area contributed by atoms with Crippen LogP contribution in [-0.4, -0.2) is 34.2 Å². The van der Waals surface area contributed by atoms with Crippen LogP contribution in [0.1, 0.15) is 27.2 Å². The number of methoxy groups -OCH3 is 1. The fourth-order valence-corrected chi connectivity index (χ4v) is 4.82. The van der Waals surface area contributed by atoms with E-state index in [1.54, 1.807) is 54.7 Å². The number of amides is 1. The van der Waals surface area contributed by atoms with E-state index in [1.165, 1.54) is 11.8 Å². The van der Waals surface area contributed by atoms with Crippen molar-refractivity contribution in [2.45, 2.75) is 13.2 Å². The topological polar surface area (TPSA) is 102 Å². The van der Waals surface area contributed by atoms with Crippen LogP contribution in [0.15, 0.2) is 106 Å². The minimum Gasteiger partial charge on any atom is -0.497 e. The Kier molecular flexibility index (Phi) is 7.79. The Morgan fingerprint density at radius 1 is 1.03 bits per heavy atom. The lowest BCUT2D eigenvalue weighted by atomic mass is 10.1. The van der Waals surface area contributed by atoms with E-state index in [4.69, 9.17) is 24.0 Å². The molecule has 3 aromatic carbocycles. The predicted octanol–water partition coefficient (Wildman–Crippen LogP) is 6.37. The molecule has 1 saturated heterocycles. The predicted molar refractivity (Wildman–Crippen MR) is 149 cm³/mol. The number of para-hydroxylation sites is 1. The van der Waals surface area contributed by atoms with Crippen LogP contribution in [0.3, 0.4) is 0 Å². The zero-order valence-corrected chi connectivity index (χ0v) is 21.8. The number of nitrogens with zero attached hydrogens (tertiary/aromatic N) is 2. The van der Waals surface area contributed by atoms with Crippen LogP contribution in [-0.2, 0) is 17.9 Å². The van der Waals surface area contributed by atoms with Crippen molar-refractivity contribution in [3.8, 4) is 11.5 Å². The summed E-state index contributed by atoms with van der Waals surface area (Å²) in [4.78, 5) is 31.4. The van der Waals surface area contributed by atoms with Crippen molar-refractivity contribution >= 4 is 40.6 Å². The molecule has 1 fully saturated rings. The van der Waals surface area contributed by atoms with Gasteiger partial charge in [0, 0.05) is 5.56 Å². The molecule has 1 N–H and O–H groups in total. The molecular formula is C30H24N2O6S. The second-order valence-electron chi connectivity index (χ2n) is 8.50. The number of amidine groups is 1. The van der Waals surface area contributed by atoms with E-state index < -0.39 is 5.97 Å². The number of furan rings is 1. The minimum absolute atomic E-state index is 0.192. The summed E-state index contributed by atoms with van der Waals surface area (Å²) in [7, 11) is 1.60. The number of carbonyl (C=O) groups excluding carboxylic acids is 1. The average molecular weight is 541 g/mol. The van der Waals surface area contributed by atoms with Crippen molar-refractivity contribution in [3.63, 3.8) is 0 Å². The van der Waals surface area contributed by atoms with E-state index in [-0.39, 0.29) is 24.6 Å². The van der Waals surface area contributed by atoms with Crippen LogP contribution < -0.4 is 9.47 Å². The van der Waals surface area contributed by atoms with Gasteiger partial charge in [0.15, 0.2) is 5.17 Å². The molecule has 9 heteroatoms. The molecule has 2 heterocycles. The first-order valence-corrected chi connectivity index (χ1v) is 12.8. The first-order chi connectivity index (χ1) is 19.0. The third kappa shape index (κ3) is 6.22. The number of hydrogen-bond donors (Lipinski definition) is 1. The molecule has 5 rings (SSSR count).